The number of rotatable bonds is 3. The molecule has 1 saturated heterocycles. The second-order valence-electron chi connectivity index (χ2n) is 4.83. The lowest BCUT2D eigenvalue weighted by Crippen LogP contribution is -2.37. The molecular formula is C12H13ClIN3O2. The van der Waals surface area contributed by atoms with Crippen molar-refractivity contribution in [2.45, 2.75) is 18.3 Å². The second-order valence-corrected chi connectivity index (χ2v) is 6.20. The lowest BCUT2D eigenvalue weighted by molar-refractivity contribution is -0.111. The molecule has 7 heteroatoms. The molecule has 2 fully saturated rings. The van der Waals surface area contributed by atoms with Crippen molar-refractivity contribution in [1.82, 2.24) is 9.97 Å². The first kappa shape index (κ1) is 13.5. The molecule has 1 aliphatic heterocycles. The number of aromatic nitrogens is 2. The van der Waals surface area contributed by atoms with Crippen molar-refractivity contribution in [3.05, 3.63) is 16.9 Å². The fourth-order valence-corrected chi connectivity index (χ4v) is 3.23. The topological polar surface area (TPSA) is 55.3 Å². The molecule has 1 saturated carbocycles. The Hall–Kier alpha value is -0.470. The number of hydrogen-bond acceptors (Lipinski definition) is 5. The number of carbonyl (C=O) groups is 1. The molecule has 0 aromatic carbocycles. The van der Waals surface area contributed by atoms with E-state index in [2.05, 4.69) is 9.97 Å². The molecule has 102 valence electrons. The lowest BCUT2D eigenvalue weighted by Gasteiger charge is -2.27. The summed E-state index contributed by atoms with van der Waals surface area (Å²) >= 11 is 7.94. The average molecular weight is 394 g/mol. The quantitative estimate of drug-likeness (QED) is 0.446. The predicted octanol–water partition coefficient (Wildman–Crippen LogP) is 1.96. The van der Waals surface area contributed by atoms with Gasteiger partial charge in [0, 0.05) is 35.7 Å². The van der Waals surface area contributed by atoms with Gasteiger partial charge in [0.05, 0.1) is 24.3 Å². The second kappa shape index (κ2) is 5.14. The van der Waals surface area contributed by atoms with Crippen LogP contribution in [0.15, 0.2) is 6.07 Å². The molecule has 0 spiro atoms. The maximum Gasteiger partial charge on any atom is 0.227 e. The summed E-state index contributed by atoms with van der Waals surface area (Å²) in [5.41, 5.74) is 0.335. The summed E-state index contributed by atoms with van der Waals surface area (Å²) in [5.74, 6) is 0.606. The zero-order valence-electron chi connectivity index (χ0n) is 10.2. The van der Waals surface area contributed by atoms with Crippen molar-refractivity contribution in [1.29, 1.82) is 0 Å². The van der Waals surface area contributed by atoms with E-state index >= 15 is 0 Å². The summed E-state index contributed by atoms with van der Waals surface area (Å²) in [4.78, 5) is 22.7. The molecular weight excluding hydrogens is 381 g/mol. The van der Waals surface area contributed by atoms with Crippen molar-refractivity contribution >= 4 is 43.9 Å². The van der Waals surface area contributed by atoms with E-state index in [1.807, 2.05) is 27.5 Å². The first-order valence-electron chi connectivity index (χ1n) is 6.19. The molecule has 0 radical (unpaired) electrons. The number of morpholine rings is 1. The average Bonchev–Trinajstić information content (AvgIpc) is 3.20. The van der Waals surface area contributed by atoms with E-state index in [9.17, 15) is 4.79 Å². The van der Waals surface area contributed by atoms with Gasteiger partial charge in [0.1, 0.15) is 5.15 Å². The third-order valence-electron chi connectivity index (χ3n) is 3.59. The van der Waals surface area contributed by atoms with Crippen LogP contribution in [0.3, 0.4) is 0 Å². The van der Waals surface area contributed by atoms with Gasteiger partial charge in [0.25, 0.3) is 0 Å². The van der Waals surface area contributed by atoms with Gasteiger partial charge in [-0.05, 0) is 18.9 Å². The molecule has 3 rings (SSSR count). The smallest absolute Gasteiger partial charge is 0.227 e. The van der Waals surface area contributed by atoms with Crippen LogP contribution in [0.1, 0.15) is 18.5 Å². The fourth-order valence-electron chi connectivity index (χ4n) is 2.23. The van der Waals surface area contributed by atoms with Crippen molar-refractivity contribution in [2.24, 2.45) is 0 Å². The third kappa shape index (κ3) is 2.57. The van der Waals surface area contributed by atoms with Crippen LogP contribution in [0, 0.1) is 0 Å². The summed E-state index contributed by atoms with van der Waals surface area (Å²) in [6, 6.07) is 1.72. The van der Waals surface area contributed by atoms with Crippen LogP contribution in [-0.2, 0) is 14.9 Å². The van der Waals surface area contributed by atoms with E-state index in [1.54, 1.807) is 6.07 Å². The fraction of sp³-hybridized carbons (Fsp3) is 0.583. The minimum atomic E-state index is -0.422. The molecule has 19 heavy (non-hydrogen) atoms. The summed E-state index contributed by atoms with van der Waals surface area (Å²) in [6.07, 6.45) is 1.70. The van der Waals surface area contributed by atoms with Crippen molar-refractivity contribution in [3.8, 4) is 0 Å². The van der Waals surface area contributed by atoms with E-state index < -0.39 is 5.41 Å². The predicted molar refractivity (Wildman–Crippen MR) is 80.0 cm³/mol. The van der Waals surface area contributed by atoms with Gasteiger partial charge in [0.15, 0.2) is 0 Å². The molecule has 0 atom stereocenters. The Labute approximate surface area is 129 Å². The highest BCUT2D eigenvalue weighted by Gasteiger charge is 2.51. The first-order valence-corrected chi connectivity index (χ1v) is 7.65. The molecule has 5 nitrogen and oxygen atoms in total. The molecule has 0 unspecified atom stereocenters. The highest BCUT2D eigenvalue weighted by Crippen LogP contribution is 2.50. The van der Waals surface area contributed by atoms with Crippen LogP contribution in [0.25, 0.3) is 0 Å². The van der Waals surface area contributed by atoms with E-state index in [0.29, 0.717) is 24.3 Å². The van der Waals surface area contributed by atoms with Crippen LogP contribution < -0.4 is 4.90 Å². The van der Waals surface area contributed by atoms with Crippen LogP contribution in [0.5, 0.6) is 0 Å². The van der Waals surface area contributed by atoms with E-state index in [1.165, 1.54) is 0 Å². The largest absolute Gasteiger partial charge is 0.378 e. The van der Waals surface area contributed by atoms with E-state index in [-0.39, 0.29) is 3.79 Å². The van der Waals surface area contributed by atoms with Gasteiger partial charge in [-0.2, -0.15) is 0 Å². The minimum absolute atomic E-state index is 0.132. The maximum absolute atomic E-state index is 11.8. The molecule has 0 amide bonds. The normalized spacial score (nSPS) is 21.3. The molecule has 2 aliphatic rings. The van der Waals surface area contributed by atoms with Crippen molar-refractivity contribution in [2.75, 3.05) is 31.2 Å². The monoisotopic (exact) mass is 393 g/mol. The summed E-state index contributed by atoms with van der Waals surface area (Å²) in [7, 11) is 0. The number of nitrogens with zero attached hydrogens (tertiary/aromatic N) is 3. The number of carbonyl (C=O) groups excluding carboxylic acids is 1. The summed E-state index contributed by atoms with van der Waals surface area (Å²) in [6.45, 7) is 2.85. The van der Waals surface area contributed by atoms with Gasteiger partial charge in [-0.15, -0.1) is 0 Å². The maximum atomic E-state index is 11.8. The van der Waals surface area contributed by atoms with Gasteiger partial charge in [-0.1, -0.05) is 11.6 Å². The Morgan fingerprint density at radius 2 is 2.05 bits per heavy atom. The van der Waals surface area contributed by atoms with Crippen LogP contribution >= 0.6 is 34.2 Å². The van der Waals surface area contributed by atoms with Gasteiger partial charge in [0.2, 0.25) is 9.74 Å². The number of ether oxygens (including phenoxy) is 1. The van der Waals surface area contributed by atoms with Gasteiger partial charge >= 0.3 is 0 Å². The highest BCUT2D eigenvalue weighted by atomic mass is 127. The number of hydrogen-bond donors (Lipinski definition) is 0. The van der Waals surface area contributed by atoms with E-state index in [0.717, 1.165) is 31.6 Å². The molecule has 1 aromatic rings. The number of anilines is 1. The number of halogens is 2. The summed E-state index contributed by atoms with van der Waals surface area (Å²) in [5, 5.41) is 0.399. The highest BCUT2D eigenvalue weighted by molar-refractivity contribution is 14.1. The molecule has 2 heterocycles. The van der Waals surface area contributed by atoms with Crippen LogP contribution in [0.4, 0.5) is 5.95 Å². The third-order valence-corrected chi connectivity index (χ3v) is 4.82. The minimum Gasteiger partial charge on any atom is -0.378 e. The van der Waals surface area contributed by atoms with Gasteiger partial charge in [-0.3, -0.25) is 4.79 Å². The Bertz CT molecular complexity index is 516. The van der Waals surface area contributed by atoms with Crippen LogP contribution in [-0.4, -0.2) is 40.1 Å². The molecule has 1 aliphatic carbocycles. The van der Waals surface area contributed by atoms with Crippen molar-refractivity contribution in [3.63, 3.8) is 0 Å². The van der Waals surface area contributed by atoms with Gasteiger partial charge < -0.3 is 9.64 Å². The molecule has 1 aromatic heterocycles. The molecule has 0 bridgehead atoms. The first-order chi connectivity index (χ1) is 9.12. The van der Waals surface area contributed by atoms with Gasteiger partial charge in [-0.25, -0.2) is 9.97 Å². The Balaban J connectivity index is 1.94. The zero-order chi connectivity index (χ0) is 13.5. The SMILES string of the molecule is O=C(I)C1(c2cc(Cl)nc(N3CCOCC3)n2)CC1. The van der Waals surface area contributed by atoms with E-state index in [4.69, 9.17) is 16.3 Å². The van der Waals surface area contributed by atoms with Crippen LogP contribution in [0.2, 0.25) is 5.15 Å². The van der Waals surface area contributed by atoms with Crippen molar-refractivity contribution < 1.29 is 9.53 Å². The Morgan fingerprint density at radius 3 is 2.63 bits per heavy atom. The summed E-state index contributed by atoms with van der Waals surface area (Å²) < 4.78 is 5.45. The standard InChI is InChI=1S/C12H13ClIN3O2/c13-9-7-8(12(1-2-12)10(14)18)15-11(16-9)17-3-5-19-6-4-17/h7H,1-6H2. The molecule has 0 N–H and O–H groups in total. The Kier molecular flexibility index (Phi) is 3.65. The Morgan fingerprint density at radius 1 is 1.37 bits per heavy atom. The zero-order valence-corrected chi connectivity index (χ0v) is 13.1. The lowest BCUT2D eigenvalue weighted by atomic mass is 10.1.